The molecule has 0 bridgehead atoms. The summed E-state index contributed by atoms with van der Waals surface area (Å²) in [5, 5.41) is 13.2. The van der Waals surface area contributed by atoms with Crippen LogP contribution in [0.3, 0.4) is 0 Å². The number of carbonyl (C=O) groups is 2. The number of hydrogen-bond donors (Lipinski definition) is 3. The third-order valence-corrected chi connectivity index (χ3v) is 5.99. The molecule has 31 heavy (non-hydrogen) atoms. The van der Waals surface area contributed by atoms with Crippen molar-refractivity contribution in [2.24, 2.45) is 10.8 Å². The number of rotatable bonds is 6. The number of carboxylic acid groups (broad SMARTS) is 1. The minimum absolute atomic E-state index is 0.213. The molecule has 1 amide bonds. The molecule has 0 aliphatic carbocycles. The predicted molar refractivity (Wildman–Crippen MR) is 121 cm³/mol. The van der Waals surface area contributed by atoms with E-state index in [0.29, 0.717) is 11.4 Å². The van der Waals surface area contributed by atoms with Crippen molar-refractivity contribution in [3.63, 3.8) is 0 Å². The van der Waals surface area contributed by atoms with Crippen molar-refractivity contribution in [3.8, 4) is 10.4 Å². The van der Waals surface area contributed by atoms with Gasteiger partial charge in [0.25, 0.3) is 0 Å². The number of hydrazone groups is 1. The highest BCUT2D eigenvalue weighted by molar-refractivity contribution is 7.23. The number of primary amides is 1. The molecular formula is C22H17N5O3S. The van der Waals surface area contributed by atoms with Crippen molar-refractivity contribution in [1.29, 1.82) is 0 Å². The zero-order chi connectivity index (χ0) is 22.0. The number of aromatic nitrogens is 2. The lowest BCUT2D eigenvalue weighted by molar-refractivity contribution is 0.0696. The number of nitrogens with one attached hydrogen (secondary N) is 1. The van der Waals surface area contributed by atoms with E-state index in [1.165, 1.54) is 29.8 Å². The molecule has 4 aromatic rings. The Labute approximate surface area is 181 Å². The number of carboxylic acids is 1. The van der Waals surface area contributed by atoms with Gasteiger partial charge < -0.3 is 10.8 Å². The second kappa shape index (κ2) is 8.33. The predicted octanol–water partition coefficient (Wildman–Crippen LogP) is 3.91. The zero-order valence-electron chi connectivity index (χ0n) is 16.4. The highest BCUT2D eigenvalue weighted by Crippen LogP contribution is 2.39. The summed E-state index contributed by atoms with van der Waals surface area (Å²) in [4.78, 5) is 32.1. The van der Waals surface area contributed by atoms with E-state index in [0.717, 1.165) is 31.8 Å². The Balaban J connectivity index is 1.64. The summed E-state index contributed by atoms with van der Waals surface area (Å²) < 4.78 is 0.831. The maximum absolute atomic E-state index is 11.5. The van der Waals surface area contributed by atoms with Gasteiger partial charge in [-0.15, -0.1) is 11.3 Å². The van der Waals surface area contributed by atoms with E-state index in [2.05, 4.69) is 20.5 Å². The Morgan fingerprint density at radius 1 is 1.13 bits per heavy atom. The summed E-state index contributed by atoms with van der Waals surface area (Å²) in [5.41, 5.74) is 12.4. The van der Waals surface area contributed by atoms with Gasteiger partial charge in [0.2, 0.25) is 5.91 Å². The van der Waals surface area contributed by atoms with Crippen LogP contribution >= 0.6 is 11.3 Å². The van der Waals surface area contributed by atoms with Gasteiger partial charge in [0, 0.05) is 10.4 Å². The average Bonchev–Trinajstić information content (AvgIpc) is 3.11. The largest absolute Gasteiger partial charge is 0.478 e. The monoisotopic (exact) mass is 431 g/mol. The van der Waals surface area contributed by atoms with E-state index < -0.39 is 11.9 Å². The molecule has 0 radical (unpaired) electrons. The average molecular weight is 431 g/mol. The molecule has 2 aromatic heterocycles. The summed E-state index contributed by atoms with van der Waals surface area (Å²) in [6, 6.07) is 13.5. The van der Waals surface area contributed by atoms with Crippen LogP contribution in [-0.2, 0) is 0 Å². The molecule has 0 aliphatic heterocycles. The minimum Gasteiger partial charge on any atom is -0.478 e. The Kier molecular flexibility index (Phi) is 5.42. The number of amides is 1. The van der Waals surface area contributed by atoms with Crippen molar-refractivity contribution in [1.82, 2.24) is 9.97 Å². The normalized spacial score (nSPS) is 11.1. The number of thiophene rings is 1. The molecule has 0 aliphatic rings. The Bertz CT molecular complexity index is 1330. The first-order chi connectivity index (χ1) is 14.9. The van der Waals surface area contributed by atoms with Crippen LogP contribution in [0.15, 0.2) is 60.0 Å². The number of carbonyl (C=O) groups excluding carboxylic acids is 1. The molecule has 4 rings (SSSR count). The van der Waals surface area contributed by atoms with Gasteiger partial charge in [-0.1, -0.05) is 24.3 Å². The van der Waals surface area contributed by atoms with Crippen molar-refractivity contribution >= 4 is 45.5 Å². The van der Waals surface area contributed by atoms with Gasteiger partial charge >= 0.3 is 5.97 Å². The number of aryl methyl sites for hydroxylation is 1. The fourth-order valence-electron chi connectivity index (χ4n) is 3.07. The van der Waals surface area contributed by atoms with Crippen LogP contribution in [0.4, 0.5) is 5.82 Å². The quantitative estimate of drug-likeness (QED) is 0.313. The molecule has 0 spiro atoms. The molecule has 0 saturated carbocycles. The lowest BCUT2D eigenvalue weighted by atomic mass is 10.1. The van der Waals surface area contributed by atoms with Gasteiger partial charge in [-0.05, 0) is 47.9 Å². The number of anilines is 1. The minimum atomic E-state index is -0.977. The fraction of sp³-hybridized carbons (Fsp3) is 0.0455. The van der Waals surface area contributed by atoms with Gasteiger partial charge in [-0.2, -0.15) is 5.10 Å². The highest BCUT2D eigenvalue weighted by Gasteiger charge is 2.16. The first-order valence-corrected chi connectivity index (χ1v) is 10.0. The van der Waals surface area contributed by atoms with E-state index in [-0.39, 0.29) is 5.56 Å². The summed E-state index contributed by atoms with van der Waals surface area (Å²) >= 11 is 1.50. The van der Waals surface area contributed by atoms with Gasteiger partial charge in [-0.25, -0.2) is 14.8 Å². The molecule has 0 atom stereocenters. The van der Waals surface area contributed by atoms with Crippen LogP contribution in [0.5, 0.6) is 0 Å². The summed E-state index contributed by atoms with van der Waals surface area (Å²) in [5.74, 6) is -0.905. The molecular weight excluding hydrogens is 414 g/mol. The zero-order valence-corrected chi connectivity index (χ0v) is 17.2. The lowest BCUT2D eigenvalue weighted by Gasteiger charge is -2.01. The SMILES string of the molecule is Cc1c(-c2cccc(C(N)=O)c2)sc2c(NN=Cc3ccc(C(=O)O)cc3)ncnc12. The van der Waals surface area contributed by atoms with Crippen LogP contribution in [0.1, 0.15) is 31.8 Å². The molecule has 2 heterocycles. The fourth-order valence-corrected chi connectivity index (χ4v) is 4.27. The molecule has 8 nitrogen and oxygen atoms in total. The van der Waals surface area contributed by atoms with Crippen LogP contribution in [0, 0.1) is 6.92 Å². The molecule has 0 unspecified atom stereocenters. The molecule has 9 heteroatoms. The number of nitrogens with two attached hydrogens (primary N) is 1. The third kappa shape index (κ3) is 4.12. The van der Waals surface area contributed by atoms with Gasteiger partial charge in [0.15, 0.2) is 5.82 Å². The van der Waals surface area contributed by atoms with Crippen molar-refractivity contribution in [2.45, 2.75) is 6.92 Å². The number of hydrogen-bond acceptors (Lipinski definition) is 7. The number of fused-ring (bicyclic) bond motifs is 1. The molecule has 4 N–H and O–H groups in total. The van der Waals surface area contributed by atoms with E-state index in [1.54, 1.807) is 36.5 Å². The number of nitrogens with zero attached hydrogens (tertiary/aromatic N) is 3. The van der Waals surface area contributed by atoms with E-state index in [9.17, 15) is 9.59 Å². The Morgan fingerprint density at radius 3 is 2.61 bits per heavy atom. The topological polar surface area (TPSA) is 131 Å². The second-order valence-electron chi connectivity index (χ2n) is 6.70. The lowest BCUT2D eigenvalue weighted by Crippen LogP contribution is -2.10. The van der Waals surface area contributed by atoms with E-state index in [1.807, 2.05) is 13.0 Å². The van der Waals surface area contributed by atoms with Crippen LogP contribution in [0.25, 0.3) is 20.7 Å². The van der Waals surface area contributed by atoms with E-state index in [4.69, 9.17) is 10.8 Å². The molecule has 154 valence electrons. The highest BCUT2D eigenvalue weighted by atomic mass is 32.1. The molecule has 0 saturated heterocycles. The smallest absolute Gasteiger partial charge is 0.335 e. The van der Waals surface area contributed by atoms with Crippen molar-refractivity contribution in [3.05, 3.63) is 77.1 Å². The van der Waals surface area contributed by atoms with E-state index >= 15 is 0 Å². The number of aromatic carboxylic acids is 1. The van der Waals surface area contributed by atoms with Crippen LogP contribution < -0.4 is 11.2 Å². The summed E-state index contributed by atoms with van der Waals surface area (Å²) in [6.45, 7) is 1.97. The Morgan fingerprint density at radius 2 is 1.90 bits per heavy atom. The van der Waals surface area contributed by atoms with Crippen molar-refractivity contribution in [2.75, 3.05) is 5.43 Å². The standard InChI is InChI=1S/C22H17N5O3S/c1-12-17-19(31-18(12)15-3-2-4-16(9-15)20(23)28)21(25-11-24-17)27-26-10-13-5-7-14(8-6-13)22(29)30/h2-11H,1H3,(H2,23,28)(H,29,30)(H,24,25,27). The second-order valence-corrected chi connectivity index (χ2v) is 7.72. The maximum atomic E-state index is 11.5. The van der Waals surface area contributed by atoms with Gasteiger partial charge in [0.05, 0.1) is 22.0 Å². The van der Waals surface area contributed by atoms with Crippen LogP contribution in [0.2, 0.25) is 0 Å². The third-order valence-electron chi connectivity index (χ3n) is 4.65. The van der Waals surface area contributed by atoms with Crippen LogP contribution in [-0.4, -0.2) is 33.2 Å². The van der Waals surface area contributed by atoms with Gasteiger partial charge in [-0.3, -0.25) is 10.2 Å². The summed E-state index contributed by atoms with van der Waals surface area (Å²) in [6.07, 6.45) is 3.04. The first-order valence-electron chi connectivity index (χ1n) is 9.21. The molecule has 2 aromatic carbocycles. The van der Waals surface area contributed by atoms with Gasteiger partial charge in [0.1, 0.15) is 6.33 Å². The maximum Gasteiger partial charge on any atom is 0.335 e. The summed E-state index contributed by atoms with van der Waals surface area (Å²) in [7, 11) is 0. The first kappa shape index (κ1) is 20.2. The molecule has 0 fully saturated rings. The van der Waals surface area contributed by atoms with Crippen molar-refractivity contribution < 1.29 is 14.7 Å². The number of benzene rings is 2. The Hall–Kier alpha value is -4.11.